The lowest BCUT2D eigenvalue weighted by Crippen LogP contribution is -2.61. The van der Waals surface area contributed by atoms with Gasteiger partial charge < -0.3 is 23.8 Å². The van der Waals surface area contributed by atoms with Crippen LogP contribution in [0, 0.1) is 25.2 Å². The number of pyridine rings is 1. The molecule has 1 N–H and O–H groups in total. The summed E-state index contributed by atoms with van der Waals surface area (Å²) in [7, 11) is 5.16. The lowest BCUT2D eigenvalue weighted by Gasteiger charge is -2.55. The zero-order valence-electron chi connectivity index (χ0n) is 31.7. The monoisotopic (exact) mass is 736 g/mol. The highest BCUT2D eigenvalue weighted by atomic mass is 16.5. The number of benzene rings is 2. The third-order valence-electron chi connectivity index (χ3n) is 12.5. The first-order valence-electron chi connectivity index (χ1n) is 18.9. The molecule has 1 unspecified atom stereocenters. The highest BCUT2D eigenvalue weighted by Gasteiger charge is 2.48. The summed E-state index contributed by atoms with van der Waals surface area (Å²) in [6.07, 6.45) is 4.38. The molecule has 0 aliphatic carbocycles. The number of methoxy groups -OCH3 is 2. The number of carbonyl (C=O) groups excluding carboxylic acids is 4. The van der Waals surface area contributed by atoms with Gasteiger partial charge in [0.1, 0.15) is 17.5 Å². The zero-order chi connectivity index (χ0) is 38.1. The summed E-state index contributed by atoms with van der Waals surface area (Å²) in [5.74, 6) is 0.244. The first-order chi connectivity index (χ1) is 25.9. The van der Waals surface area contributed by atoms with Gasteiger partial charge in [-0.2, -0.15) is 0 Å². The molecule has 0 saturated carbocycles. The van der Waals surface area contributed by atoms with Crippen LogP contribution >= 0.6 is 0 Å². The van der Waals surface area contributed by atoms with Crippen LogP contribution in [0.4, 0.5) is 5.69 Å². The number of anilines is 1. The molecule has 4 amide bonds. The third-order valence-corrected chi connectivity index (χ3v) is 12.5. The van der Waals surface area contributed by atoms with Crippen molar-refractivity contribution >= 4 is 29.3 Å². The van der Waals surface area contributed by atoms with Crippen molar-refractivity contribution in [2.75, 3.05) is 64.9 Å². The third kappa shape index (κ3) is 6.16. The molecule has 0 radical (unpaired) electrons. The van der Waals surface area contributed by atoms with E-state index in [1.165, 1.54) is 0 Å². The van der Waals surface area contributed by atoms with Gasteiger partial charge in [0.15, 0.2) is 0 Å². The number of ether oxygens (including phenoxy) is 2. The average molecular weight is 737 g/mol. The van der Waals surface area contributed by atoms with E-state index in [2.05, 4.69) is 32.1 Å². The molecule has 0 bridgehead atoms. The Morgan fingerprint density at radius 3 is 2.15 bits per heavy atom. The summed E-state index contributed by atoms with van der Waals surface area (Å²) < 4.78 is 13.4. The Morgan fingerprint density at radius 1 is 0.833 bits per heavy atom. The highest BCUT2D eigenvalue weighted by molar-refractivity contribution is 6.23. The van der Waals surface area contributed by atoms with Gasteiger partial charge in [-0.05, 0) is 93.6 Å². The van der Waals surface area contributed by atoms with Gasteiger partial charge in [0, 0.05) is 81.2 Å². The van der Waals surface area contributed by atoms with E-state index in [0.29, 0.717) is 17.0 Å². The number of aryl methyl sites for hydroxylation is 1. The Morgan fingerprint density at radius 2 is 1.50 bits per heavy atom. The normalized spacial score (nSPS) is 21.6. The van der Waals surface area contributed by atoms with Crippen LogP contribution in [0.3, 0.4) is 0 Å². The fourth-order valence-corrected chi connectivity index (χ4v) is 9.20. The Kier molecular flexibility index (Phi) is 9.12. The second kappa shape index (κ2) is 13.7. The molecule has 54 heavy (non-hydrogen) atoms. The maximum absolute atomic E-state index is 13.3. The van der Waals surface area contributed by atoms with Gasteiger partial charge in [-0.3, -0.25) is 39.1 Å². The van der Waals surface area contributed by atoms with Gasteiger partial charge in [-0.25, -0.2) is 0 Å². The van der Waals surface area contributed by atoms with E-state index >= 15 is 0 Å². The fraction of sp³-hybridized carbons (Fsp3) is 0.488. The second-order valence-electron chi connectivity index (χ2n) is 16.0. The maximum atomic E-state index is 13.3. The zero-order valence-corrected chi connectivity index (χ0v) is 31.7. The summed E-state index contributed by atoms with van der Waals surface area (Å²) in [6, 6.07) is 8.53. The molecular formula is C41H48N6O7. The van der Waals surface area contributed by atoms with E-state index < -0.39 is 23.8 Å². The molecule has 2 aromatic carbocycles. The summed E-state index contributed by atoms with van der Waals surface area (Å²) in [6.45, 7) is 11.7. The van der Waals surface area contributed by atoms with Crippen LogP contribution in [0.25, 0.3) is 11.1 Å². The number of imide groups is 2. The number of hydrogen-bond acceptors (Lipinski definition) is 10. The first-order valence-corrected chi connectivity index (χ1v) is 18.9. The van der Waals surface area contributed by atoms with E-state index in [0.717, 1.165) is 115 Å². The van der Waals surface area contributed by atoms with Crippen molar-refractivity contribution in [3.05, 3.63) is 74.7 Å². The molecule has 6 heterocycles. The minimum atomic E-state index is -0.960. The van der Waals surface area contributed by atoms with E-state index in [1.54, 1.807) is 38.0 Å². The van der Waals surface area contributed by atoms with Crippen molar-refractivity contribution in [1.29, 1.82) is 0 Å². The molecule has 1 aromatic heterocycles. The highest BCUT2D eigenvalue weighted by Crippen LogP contribution is 2.44. The number of rotatable bonds is 9. The molecule has 13 heteroatoms. The summed E-state index contributed by atoms with van der Waals surface area (Å²) >= 11 is 0. The minimum absolute atomic E-state index is 0.00706. The van der Waals surface area contributed by atoms with Gasteiger partial charge >= 0.3 is 0 Å². The smallest absolute Gasteiger partial charge is 0.262 e. The van der Waals surface area contributed by atoms with Gasteiger partial charge in [0.2, 0.25) is 11.8 Å². The summed E-state index contributed by atoms with van der Waals surface area (Å²) in [4.78, 5) is 71.3. The van der Waals surface area contributed by atoms with Crippen LogP contribution in [0.2, 0.25) is 0 Å². The Bertz CT molecular complexity index is 2100. The number of likely N-dealkylation sites (tertiary alicyclic amines) is 2. The topological polar surface area (TPSA) is 134 Å². The van der Waals surface area contributed by atoms with Gasteiger partial charge in [0.25, 0.3) is 17.4 Å². The largest absolute Gasteiger partial charge is 0.496 e. The standard InChI is InChI=1S/C41H48N6O7/c1-24-25(2)38(50)43(3)20-31(24)27-14-34(53-4)32(35(15-27)54-5)21-45-18-26(19-45)17-44-12-10-41(11-13-44)22-46(23-41)28-6-7-29-30(16-28)40(52)47(39(29)51)33-8-9-36(48)42-37(33)49/h6-7,14-16,20,26,33H,8-13,17-19,21-23H2,1-5H3,(H,42,48,49). The van der Waals surface area contributed by atoms with E-state index in [-0.39, 0.29) is 29.7 Å². The lowest BCUT2D eigenvalue weighted by atomic mass is 9.71. The van der Waals surface area contributed by atoms with E-state index in [9.17, 15) is 24.0 Å². The number of nitrogens with one attached hydrogen (secondary N) is 1. The SMILES string of the molecule is COc1cc(-c2cn(C)c(=O)c(C)c2C)cc(OC)c1CN1CC(CN2CCC3(CC2)CN(c2ccc4c(c2)C(=O)N(C2CCC(=O)NC2=O)C4=O)C3)C1. The van der Waals surface area contributed by atoms with Crippen molar-refractivity contribution in [3.8, 4) is 22.6 Å². The lowest BCUT2D eigenvalue weighted by molar-refractivity contribution is -0.136. The van der Waals surface area contributed by atoms with Gasteiger partial charge in [-0.1, -0.05) is 0 Å². The van der Waals surface area contributed by atoms with Crippen LogP contribution in [-0.2, 0) is 23.2 Å². The molecular weight excluding hydrogens is 688 g/mol. The average Bonchev–Trinajstić information content (AvgIpc) is 3.38. The molecule has 3 aromatic rings. The van der Waals surface area contributed by atoms with Crippen molar-refractivity contribution in [3.63, 3.8) is 0 Å². The Hall–Kier alpha value is -5.01. The number of nitrogens with zero attached hydrogens (tertiary/aromatic N) is 5. The minimum Gasteiger partial charge on any atom is -0.496 e. The maximum Gasteiger partial charge on any atom is 0.262 e. The van der Waals surface area contributed by atoms with Crippen molar-refractivity contribution < 1.29 is 28.7 Å². The molecule has 5 aliphatic rings. The number of fused-ring (bicyclic) bond motifs is 1. The number of hydrogen-bond donors (Lipinski definition) is 1. The molecule has 13 nitrogen and oxygen atoms in total. The predicted molar refractivity (Wildman–Crippen MR) is 202 cm³/mol. The van der Waals surface area contributed by atoms with Crippen molar-refractivity contribution in [1.82, 2.24) is 24.6 Å². The molecule has 1 atom stereocenters. The molecule has 1 spiro atoms. The van der Waals surface area contributed by atoms with E-state index in [4.69, 9.17) is 9.47 Å². The second-order valence-corrected chi connectivity index (χ2v) is 16.0. The molecule has 4 fully saturated rings. The van der Waals surface area contributed by atoms with E-state index in [1.807, 2.05) is 26.1 Å². The predicted octanol–water partition coefficient (Wildman–Crippen LogP) is 3.12. The summed E-state index contributed by atoms with van der Waals surface area (Å²) in [5.41, 5.74) is 6.48. The Balaban J connectivity index is 0.829. The number of aromatic nitrogens is 1. The van der Waals surface area contributed by atoms with Crippen LogP contribution in [-0.4, -0.2) is 109 Å². The fourth-order valence-electron chi connectivity index (χ4n) is 9.20. The molecule has 8 rings (SSSR count). The number of piperidine rings is 2. The van der Waals surface area contributed by atoms with Crippen molar-refractivity contribution in [2.45, 2.75) is 52.1 Å². The van der Waals surface area contributed by atoms with Crippen molar-refractivity contribution in [2.24, 2.45) is 18.4 Å². The van der Waals surface area contributed by atoms with Crippen LogP contribution in [0.15, 0.2) is 41.3 Å². The van der Waals surface area contributed by atoms with Gasteiger partial charge in [-0.15, -0.1) is 0 Å². The molecule has 4 saturated heterocycles. The first kappa shape index (κ1) is 36.0. The van der Waals surface area contributed by atoms with Crippen LogP contribution < -0.4 is 25.2 Å². The quantitative estimate of drug-likeness (QED) is 0.327. The van der Waals surface area contributed by atoms with Crippen LogP contribution in [0.5, 0.6) is 11.5 Å². The number of amides is 4. The number of carbonyl (C=O) groups is 4. The Labute approximate surface area is 314 Å². The van der Waals surface area contributed by atoms with Gasteiger partial charge in [0.05, 0.1) is 30.9 Å². The van der Waals surface area contributed by atoms with Crippen LogP contribution in [0.1, 0.15) is 63.1 Å². The molecule has 284 valence electrons. The molecule has 5 aliphatic heterocycles. The summed E-state index contributed by atoms with van der Waals surface area (Å²) in [5, 5.41) is 2.25.